The van der Waals surface area contributed by atoms with Crippen LogP contribution in [0.2, 0.25) is 0 Å². The molecule has 0 saturated carbocycles. The molecular formula is C9H12N4. The van der Waals surface area contributed by atoms with E-state index in [4.69, 9.17) is 5.73 Å². The van der Waals surface area contributed by atoms with E-state index < -0.39 is 0 Å². The van der Waals surface area contributed by atoms with Crippen LogP contribution in [-0.2, 0) is 6.42 Å². The number of nitrogens with zero attached hydrogens (tertiary/aromatic N) is 2. The molecule has 68 valence electrons. The molecule has 4 nitrogen and oxygen atoms in total. The fourth-order valence-corrected chi connectivity index (χ4v) is 1.50. The highest BCUT2D eigenvalue weighted by atomic mass is 15.1. The molecule has 3 N–H and O–H groups in total. The third kappa shape index (κ3) is 1.14. The molecule has 0 amide bonds. The lowest BCUT2D eigenvalue weighted by atomic mass is 10.2. The molecule has 0 atom stereocenters. The molecule has 0 aliphatic rings. The normalized spacial score (nSPS) is 10.9. The summed E-state index contributed by atoms with van der Waals surface area (Å²) < 4.78 is 0. The monoisotopic (exact) mass is 176 g/mol. The van der Waals surface area contributed by atoms with Crippen LogP contribution in [0, 0.1) is 6.92 Å². The number of fused-ring (bicyclic) bond motifs is 1. The maximum atomic E-state index is 5.88. The summed E-state index contributed by atoms with van der Waals surface area (Å²) in [5.41, 5.74) is 9.31. The van der Waals surface area contributed by atoms with E-state index in [1.165, 1.54) is 0 Å². The van der Waals surface area contributed by atoms with Gasteiger partial charge in [0.05, 0.1) is 5.39 Å². The number of hydrogen-bond acceptors (Lipinski definition) is 3. The van der Waals surface area contributed by atoms with Crippen molar-refractivity contribution in [3.8, 4) is 0 Å². The highest BCUT2D eigenvalue weighted by Crippen LogP contribution is 2.22. The Morgan fingerprint density at radius 2 is 2.31 bits per heavy atom. The Morgan fingerprint density at radius 3 is 3.00 bits per heavy atom. The first kappa shape index (κ1) is 8.04. The van der Waals surface area contributed by atoms with Gasteiger partial charge in [0.25, 0.3) is 0 Å². The van der Waals surface area contributed by atoms with Crippen molar-refractivity contribution >= 4 is 16.7 Å². The first-order chi connectivity index (χ1) is 6.22. The van der Waals surface area contributed by atoms with Gasteiger partial charge in [-0.05, 0) is 19.4 Å². The summed E-state index contributed by atoms with van der Waals surface area (Å²) in [5, 5.41) is 8.00. The van der Waals surface area contributed by atoms with Crippen molar-refractivity contribution in [1.29, 1.82) is 0 Å². The van der Waals surface area contributed by atoms with Crippen LogP contribution < -0.4 is 5.73 Å². The Kier molecular flexibility index (Phi) is 1.69. The Bertz CT molecular complexity index is 444. The van der Waals surface area contributed by atoms with E-state index in [-0.39, 0.29) is 0 Å². The molecule has 0 fully saturated rings. The third-order valence-electron chi connectivity index (χ3n) is 2.11. The van der Waals surface area contributed by atoms with E-state index in [1.54, 1.807) is 0 Å². The zero-order chi connectivity index (χ0) is 9.42. The number of nitrogens with two attached hydrogens (primary N) is 1. The molecule has 0 aliphatic heterocycles. The van der Waals surface area contributed by atoms with Gasteiger partial charge in [-0.2, -0.15) is 5.10 Å². The van der Waals surface area contributed by atoms with Gasteiger partial charge in [-0.1, -0.05) is 6.92 Å². The third-order valence-corrected chi connectivity index (χ3v) is 2.11. The highest BCUT2D eigenvalue weighted by Gasteiger charge is 2.08. The maximum absolute atomic E-state index is 5.88. The summed E-state index contributed by atoms with van der Waals surface area (Å²) in [4.78, 5) is 4.28. The minimum Gasteiger partial charge on any atom is -0.398 e. The average Bonchev–Trinajstić information content (AvgIpc) is 2.47. The molecule has 0 radical (unpaired) electrons. The summed E-state index contributed by atoms with van der Waals surface area (Å²) in [7, 11) is 0. The SMILES string of the molecule is CCc1[nH]nc2nc(C)cc(N)c12. The summed E-state index contributed by atoms with van der Waals surface area (Å²) in [6.45, 7) is 3.97. The standard InChI is InChI=1S/C9H12N4/c1-3-7-8-6(10)4-5(2)11-9(8)13-12-7/h4H,3H2,1-2H3,(H3,10,11,12,13). The summed E-state index contributed by atoms with van der Waals surface area (Å²) in [6, 6.07) is 1.87. The Labute approximate surface area is 76.2 Å². The van der Waals surface area contributed by atoms with E-state index in [0.717, 1.165) is 28.9 Å². The zero-order valence-electron chi connectivity index (χ0n) is 7.76. The number of nitrogen functional groups attached to an aromatic ring is 1. The molecule has 2 rings (SSSR count). The predicted molar refractivity (Wildman–Crippen MR) is 52.4 cm³/mol. The molecule has 0 aliphatic carbocycles. The fourth-order valence-electron chi connectivity index (χ4n) is 1.50. The minimum atomic E-state index is 0.717. The van der Waals surface area contributed by atoms with E-state index in [9.17, 15) is 0 Å². The molecular weight excluding hydrogens is 164 g/mol. The Balaban J connectivity index is 2.82. The van der Waals surface area contributed by atoms with Crippen LogP contribution in [-0.4, -0.2) is 15.2 Å². The first-order valence-electron chi connectivity index (χ1n) is 4.32. The van der Waals surface area contributed by atoms with Gasteiger partial charge in [-0.3, -0.25) is 5.10 Å². The van der Waals surface area contributed by atoms with Gasteiger partial charge in [0, 0.05) is 17.1 Å². The summed E-state index contributed by atoms with van der Waals surface area (Å²) >= 11 is 0. The van der Waals surface area contributed by atoms with E-state index >= 15 is 0 Å². The topological polar surface area (TPSA) is 67.6 Å². The van der Waals surface area contributed by atoms with E-state index in [2.05, 4.69) is 22.1 Å². The first-order valence-corrected chi connectivity index (χ1v) is 4.32. The minimum absolute atomic E-state index is 0.717. The molecule has 0 spiro atoms. The fraction of sp³-hybridized carbons (Fsp3) is 0.333. The zero-order valence-corrected chi connectivity index (χ0v) is 7.76. The van der Waals surface area contributed by atoms with Gasteiger partial charge in [0.15, 0.2) is 5.65 Å². The predicted octanol–water partition coefficient (Wildman–Crippen LogP) is 1.41. The van der Waals surface area contributed by atoms with Crippen molar-refractivity contribution in [1.82, 2.24) is 15.2 Å². The van der Waals surface area contributed by atoms with E-state index in [0.29, 0.717) is 5.65 Å². The number of H-pyrrole nitrogens is 1. The van der Waals surface area contributed by atoms with Crippen LogP contribution in [0.15, 0.2) is 6.07 Å². The van der Waals surface area contributed by atoms with Gasteiger partial charge in [-0.25, -0.2) is 4.98 Å². The number of aromatic nitrogens is 3. The molecule has 0 aromatic carbocycles. The lowest BCUT2D eigenvalue weighted by Gasteiger charge is -1.98. The number of hydrogen-bond donors (Lipinski definition) is 2. The number of aryl methyl sites for hydroxylation is 2. The van der Waals surface area contributed by atoms with Crippen molar-refractivity contribution in [2.24, 2.45) is 0 Å². The highest BCUT2D eigenvalue weighted by molar-refractivity contribution is 5.90. The number of rotatable bonds is 1. The molecule has 0 saturated heterocycles. The van der Waals surface area contributed by atoms with Gasteiger partial charge in [0.1, 0.15) is 0 Å². The maximum Gasteiger partial charge on any atom is 0.183 e. The Morgan fingerprint density at radius 1 is 1.54 bits per heavy atom. The molecule has 2 aromatic rings. The summed E-state index contributed by atoms with van der Waals surface area (Å²) in [5.74, 6) is 0. The number of pyridine rings is 1. The van der Waals surface area contributed by atoms with Crippen LogP contribution in [0.3, 0.4) is 0 Å². The molecule has 0 bridgehead atoms. The quantitative estimate of drug-likeness (QED) is 0.690. The molecule has 2 aromatic heterocycles. The molecule has 4 heteroatoms. The van der Waals surface area contributed by atoms with Gasteiger partial charge in [-0.15, -0.1) is 0 Å². The van der Waals surface area contributed by atoms with Crippen molar-refractivity contribution in [3.05, 3.63) is 17.5 Å². The lowest BCUT2D eigenvalue weighted by molar-refractivity contribution is 0.982. The van der Waals surface area contributed by atoms with Crippen LogP contribution in [0.25, 0.3) is 11.0 Å². The number of anilines is 1. The summed E-state index contributed by atoms with van der Waals surface area (Å²) in [6.07, 6.45) is 0.894. The second-order valence-corrected chi connectivity index (χ2v) is 3.11. The van der Waals surface area contributed by atoms with Gasteiger partial charge < -0.3 is 5.73 Å². The van der Waals surface area contributed by atoms with Crippen LogP contribution >= 0.6 is 0 Å². The second-order valence-electron chi connectivity index (χ2n) is 3.11. The molecule has 13 heavy (non-hydrogen) atoms. The van der Waals surface area contributed by atoms with Gasteiger partial charge >= 0.3 is 0 Å². The number of nitrogens with one attached hydrogen (secondary N) is 1. The van der Waals surface area contributed by atoms with Gasteiger partial charge in [0.2, 0.25) is 0 Å². The molecule has 0 unspecified atom stereocenters. The Hall–Kier alpha value is -1.58. The lowest BCUT2D eigenvalue weighted by Crippen LogP contribution is -1.92. The van der Waals surface area contributed by atoms with Crippen LogP contribution in [0.5, 0.6) is 0 Å². The molecule has 2 heterocycles. The van der Waals surface area contributed by atoms with Crippen molar-refractivity contribution in [2.75, 3.05) is 5.73 Å². The van der Waals surface area contributed by atoms with Crippen molar-refractivity contribution < 1.29 is 0 Å². The van der Waals surface area contributed by atoms with Crippen molar-refractivity contribution in [3.63, 3.8) is 0 Å². The second kappa shape index (κ2) is 2.73. The van der Waals surface area contributed by atoms with Crippen LogP contribution in [0.1, 0.15) is 18.3 Å². The average molecular weight is 176 g/mol. The largest absolute Gasteiger partial charge is 0.398 e. The van der Waals surface area contributed by atoms with E-state index in [1.807, 2.05) is 13.0 Å². The number of aromatic amines is 1. The van der Waals surface area contributed by atoms with Crippen molar-refractivity contribution in [2.45, 2.75) is 20.3 Å². The smallest absolute Gasteiger partial charge is 0.183 e. The van der Waals surface area contributed by atoms with Crippen LogP contribution in [0.4, 0.5) is 5.69 Å².